The maximum absolute atomic E-state index is 12.2. The van der Waals surface area contributed by atoms with E-state index in [1.54, 1.807) is 11.9 Å². The first-order valence-corrected chi connectivity index (χ1v) is 7.26. The molecule has 2 aliphatic heterocycles. The number of piperidine rings is 2. The molecule has 2 atom stereocenters. The number of amides is 2. The van der Waals surface area contributed by atoms with Crippen molar-refractivity contribution in [3.63, 3.8) is 0 Å². The number of carbonyl (C=O) groups is 2. The molecule has 2 heterocycles. The number of nitrogens with zero attached hydrogens (tertiary/aromatic N) is 2. The predicted octanol–water partition coefficient (Wildman–Crippen LogP) is 0.454. The number of carbonyl (C=O) groups excluding carboxylic acids is 2. The van der Waals surface area contributed by atoms with Crippen LogP contribution in [0.2, 0.25) is 0 Å². The molecule has 2 fully saturated rings. The van der Waals surface area contributed by atoms with Crippen LogP contribution >= 0.6 is 0 Å². The lowest BCUT2D eigenvalue weighted by molar-refractivity contribution is -0.147. The lowest BCUT2D eigenvalue weighted by atomic mass is 9.84. The van der Waals surface area contributed by atoms with Gasteiger partial charge in [-0.3, -0.25) is 9.59 Å². The summed E-state index contributed by atoms with van der Waals surface area (Å²) in [5.41, 5.74) is 0. The quantitative estimate of drug-likeness (QED) is 0.808. The predicted molar refractivity (Wildman–Crippen MR) is 73.6 cm³/mol. The van der Waals surface area contributed by atoms with Crippen molar-refractivity contribution in [2.24, 2.45) is 5.92 Å². The van der Waals surface area contributed by atoms with E-state index in [-0.39, 0.29) is 30.4 Å². The summed E-state index contributed by atoms with van der Waals surface area (Å²) in [6, 6.07) is 0.434. The lowest BCUT2D eigenvalue weighted by Crippen LogP contribution is -2.57. The van der Waals surface area contributed by atoms with Crippen LogP contribution in [-0.4, -0.2) is 60.4 Å². The number of rotatable bonds is 3. The minimum Gasteiger partial charge on any atom is -0.342 e. The van der Waals surface area contributed by atoms with Crippen LogP contribution in [-0.2, 0) is 9.59 Å². The summed E-state index contributed by atoms with van der Waals surface area (Å²) in [4.78, 5) is 27.9. The summed E-state index contributed by atoms with van der Waals surface area (Å²) in [6.07, 6.45) is 2.51. The minimum atomic E-state index is 0.0440. The molecule has 19 heavy (non-hydrogen) atoms. The van der Waals surface area contributed by atoms with Gasteiger partial charge in [-0.05, 0) is 45.7 Å². The van der Waals surface area contributed by atoms with Crippen molar-refractivity contribution < 1.29 is 9.59 Å². The summed E-state index contributed by atoms with van der Waals surface area (Å²) in [5.74, 6) is 0.708. The van der Waals surface area contributed by atoms with E-state index in [4.69, 9.17) is 0 Å². The molecule has 0 aromatic carbocycles. The van der Waals surface area contributed by atoms with Crippen LogP contribution in [0.1, 0.15) is 33.1 Å². The van der Waals surface area contributed by atoms with E-state index < -0.39 is 0 Å². The van der Waals surface area contributed by atoms with Gasteiger partial charge in [-0.2, -0.15) is 0 Å². The van der Waals surface area contributed by atoms with E-state index >= 15 is 0 Å². The number of likely N-dealkylation sites (tertiary alicyclic amines) is 1. The molecule has 0 bridgehead atoms. The molecule has 0 aromatic heterocycles. The van der Waals surface area contributed by atoms with E-state index in [1.807, 2.05) is 18.7 Å². The topological polar surface area (TPSA) is 52.7 Å². The fourth-order valence-corrected chi connectivity index (χ4v) is 3.00. The Morgan fingerprint density at radius 2 is 2.21 bits per heavy atom. The largest absolute Gasteiger partial charge is 0.342 e. The normalized spacial score (nSPS) is 27.4. The Hall–Kier alpha value is -1.10. The highest BCUT2D eigenvalue weighted by Gasteiger charge is 2.38. The summed E-state index contributed by atoms with van der Waals surface area (Å²) in [5, 5.41) is 3.38. The van der Waals surface area contributed by atoms with Crippen LogP contribution in [0, 0.1) is 5.92 Å². The van der Waals surface area contributed by atoms with Crippen molar-refractivity contribution in [1.29, 1.82) is 0 Å². The van der Waals surface area contributed by atoms with Crippen molar-refractivity contribution in [3.8, 4) is 0 Å². The molecule has 2 amide bonds. The number of likely N-dealkylation sites (N-methyl/N-ethyl adjacent to an activating group) is 1. The smallest absolute Gasteiger partial charge is 0.242 e. The number of fused-ring (bicyclic) bond motifs is 1. The second-order valence-electron chi connectivity index (χ2n) is 5.98. The number of hydrogen-bond donors (Lipinski definition) is 1. The van der Waals surface area contributed by atoms with Crippen LogP contribution in [0.4, 0.5) is 0 Å². The second-order valence-corrected chi connectivity index (χ2v) is 5.98. The lowest BCUT2D eigenvalue weighted by Gasteiger charge is -2.44. The molecule has 0 aromatic rings. The summed E-state index contributed by atoms with van der Waals surface area (Å²) in [7, 11) is 1.81. The molecule has 1 N–H and O–H groups in total. The molecule has 5 nitrogen and oxygen atoms in total. The molecule has 0 spiro atoms. The maximum atomic E-state index is 12.2. The van der Waals surface area contributed by atoms with Crippen molar-refractivity contribution in [3.05, 3.63) is 0 Å². The van der Waals surface area contributed by atoms with Crippen molar-refractivity contribution in [2.75, 3.05) is 26.7 Å². The Labute approximate surface area is 115 Å². The van der Waals surface area contributed by atoms with Crippen LogP contribution in [0.15, 0.2) is 0 Å². The average Bonchev–Trinajstić information content (AvgIpc) is 2.40. The van der Waals surface area contributed by atoms with Gasteiger partial charge in [-0.25, -0.2) is 0 Å². The first-order valence-electron chi connectivity index (χ1n) is 7.26. The van der Waals surface area contributed by atoms with E-state index in [9.17, 15) is 9.59 Å². The standard InChI is InChI=1S/C14H25N3O2/c1-10(2)16(3)14(19)9-17-12-6-7-15-8-11(12)4-5-13(17)18/h10-12,15H,4-9H2,1-3H3. The Bertz CT molecular complexity index is 357. The van der Waals surface area contributed by atoms with Gasteiger partial charge in [0.1, 0.15) is 6.54 Å². The van der Waals surface area contributed by atoms with Gasteiger partial charge in [-0.1, -0.05) is 0 Å². The van der Waals surface area contributed by atoms with Crippen molar-refractivity contribution in [1.82, 2.24) is 15.1 Å². The van der Waals surface area contributed by atoms with Gasteiger partial charge in [0.2, 0.25) is 11.8 Å². The Kier molecular flexibility index (Phi) is 4.45. The van der Waals surface area contributed by atoms with Gasteiger partial charge in [0.05, 0.1) is 0 Å². The average molecular weight is 267 g/mol. The summed E-state index contributed by atoms with van der Waals surface area (Å²) < 4.78 is 0. The molecule has 2 rings (SSSR count). The van der Waals surface area contributed by atoms with Gasteiger partial charge in [0.25, 0.3) is 0 Å². The third kappa shape index (κ3) is 3.08. The van der Waals surface area contributed by atoms with E-state index in [2.05, 4.69) is 5.32 Å². The van der Waals surface area contributed by atoms with Gasteiger partial charge in [-0.15, -0.1) is 0 Å². The number of nitrogens with one attached hydrogen (secondary N) is 1. The summed E-state index contributed by atoms with van der Waals surface area (Å²) in [6.45, 7) is 6.14. The highest BCUT2D eigenvalue weighted by atomic mass is 16.2. The molecular formula is C14H25N3O2. The van der Waals surface area contributed by atoms with E-state index in [1.165, 1.54) is 0 Å². The SMILES string of the molecule is CC(C)N(C)C(=O)CN1C(=O)CCC2CNCCC21. The van der Waals surface area contributed by atoms with Crippen LogP contribution < -0.4 is 5.32 Å². The van der Waals surface area contributed by atoms with Gasteiger partial charge in [0, 0.05) is 25.6 Å². The monoisotopic (exact) mass is 267 g/mol. The molecule has 2 unspecified atom stereocenters. The van der Waals surface area contributed by atoms with Gasteiger partial charge >= 0.3 is 0 Å². The van der Waals surface area contributed by atoms with Crippen molar-refractivity contribution >= 4 is 11.8 Å². The van der Waals surface area contributed by atoms with Gasteiger partial charge < -0.3 is 15.1 Å². The third-order valence-electron chi connectivity index (χ3n) is 4.49. The fourth-order valence-electron chi connectivity index (χ4n) is 3.00. The molecule has 5 heteroatoms. The molecule has 0 radical (unpaired) electrons. The third-order valence-corrected chi connectivity index (χ3v) is 4.49. The maximum Gasteiger partial charge on any atom is 0.242 e. The molecule has 2 saturated heterocycles. The summed E-state index contributed by atoms with van der Waals surface area (Å²) >= 11 is 0. The van der Waals surface area contributed by atoms with Crippen LogP contribution in [0.3, 0.4) is 0 Å². The Morgan fingerprint density at radius 3 is 2.89 bits per heavy atom. The van der Waals surface area contributed by atoms with Gasteiger partial charge in [0.15, 0.2) is 0 Å². The zero-order chi connectivity index (χ0) is 14.0. The molecule has 2 aliphatic rings. The highest BCUT2D eigenvalue weighted by molar-refractivity contribution is 5.85. The number of hydrogen-bond acceptors (Lipinski definition) is 3. The van der Waals surface area contributed by atoms with Crippen LogP contribution in [0.5, 0.6) is 0 Å². The molecular weight excluding hydrogens is 242 g/mol. The van der Waals surface area contributed by atoms with Crippen molar-refractivity contribution in [2.45, 2.75) is 45.2 Å². The highest BCUT2D eigenvalue weighted by Crippen LogP contribution is 2.28. The van der Waals surface area contributed by atoms with E-state index in [0.717, 1.165) is 25.9 Å². The molecule has 0 saturated carbocycles. The second kappa shape index (κ2) is 5.90. The van der Waals surface area contributed by atoms with Crippen LogP contribution in [0.25, 0.3) is 0 Å². The fraction of sp³-hybridized carbons (Fsp3) is 0.857. The van der Waals surface area contributed by atoms with E-state index in [0.29, 0.717) is 12.3 Å². The Morgan fingerprint density at radius 1 is 1.47 bits per heavy atom. The molecule has 108 valence electrons. The first-order chi connectivity index (χ1) is 9.00. The molecule has 0 aliphatic carbocycles. The minimum absolute atomic E-state index is 0.0440. The zero-order valence-corrected chi connectivity index (χ0v) is 12.2. The zero-order valence-electron chi connectivity index (χ0n) is 12.2. The first kappa shape index (κ1) is 14.3. The Balaban J connectivity index is 2.03.